The van der Waals surface area contributed by atoms with Crippen LogP contribution < -0.4 is 5.32 Å². The molecule has 1 heterocycles. The van der Waals surface area contributed by atoms with Gasteiger partial charge in [-0.3, -0.25) is 0 Å². The second-order valence-electron chi connectivity index (χ2n) is 4.45. The van der Waals surface area contributed by atoms with Gasteiger partial charge in [0.25, 0.3) is 0 Å². The number of hydrogen-bond acceptors (Lipinski definition) is 1. The molecule has 0 unspecified atom stereocenters. The van der Waals surface area contributed by atoms with E-state index in [-0.39, 0.29) is 0 Å². The maximum Gasteiger partial charge on any atom is 0.0414 e. The van der Waals surface area contributed by atoms with Crippen molar-refractivity contribution in [2.45, 2.75) is 37.6 Å². The molecule has 0 aromatic heterocycles. The average Bonchev–Trinajstić information content (AvgIpc) is 2.72. The zero-order valence-corrected chi connectivity index (χ0v) is 7.84. The molecule has 1 N–H and O–H groups in total. The van der Waals surface area contributed by atoms with Gasteiger partial charge in [0.05, 0.1) is 0 Å². The molecule has 0 radical (unpaired) electrons. The third-order valence-corrected chi connectivity index (χ3v) is 3.51. The normalized spacial score (nSPS) is 23.1. The Labute approximate surface area is 79.2 Å². The lowest BCUT2D eigenvalue weighted by atomic mass is 9.94. The molecule has 2 aliphatic rings. The van der Waals surface area contributed by atoms with Crippen molar-refractivity contribution in [3.63, 3.8) is 0 Å². The number of hydrogen-bond donors (Lipinski definition) is 1. The number of para-hydroxylation sites is 1. The minimum Gasteiger partial charge on any atom is -0.379 e. The Kier molecular flexibility index (Phi) is 1.43. The SMILES string of the molecule is c1ccc2c(c1)CC1(CCCC1)N2. The van der Waals surface area contributed by atoms with Crippen molar-refractivity contribution in [3.8, 4) is 0 Å². The minimum atomic E-state index is 0.448. The number of rotatable bonds is 0. The Bertz CT molecular complexity index is 297. The molecule has 1 aliphatic heterocycles. The molecular formula is C12H15N. The summed E-state index contributed by atoms with van der Waals surface area (Å²) in [4.78, 5) is 0. The molecule has 0 saturated heterocycles. The number of anilines is 1. The molecule has 0 atom stereocenters. The maximum absolute atomic E-state index is 3.71. The van der Waals surface area contributed by atoms with Gasteiger partial charge in [0.2, 0.25) is 0 Å². The van der Waals surface area contributed by atoms with Gasteiger partial charge in [-0.15, -0.1) is 0 Å². The van der Waals surface area contributed by atoms with Gasteiger partial charge in [0, 0.05) is 11.2 Å². The van der Waals surface area contributed by atoms with Gasteiger partial charge in [0.15, 0.2) is 0 Å². The molecule has 13 heavy (non-hydrogen) atoms. The summed E-state index contributed by atoms with van der Waals surface area (Å²) in [6.45, 7) is 0. The first-order valence-corrected chi connectivity index (χ1v) is 5.24. The van der Waals surface area contributed by atoms with E-state index in [0.29, 0.717) is 5.54 Å². The van der Waals surface area contributed by atoms with E-state index in [1.54, 1.807) is 0 Å². The zero-order valence-electron chi connectivity index (χ0n) is 7.84. The van der Waals surface area contributed by atoms with Crippen LogP contribution in [-0.4, -0.2) is 5.54 Å². The summed E-state index contributed by atoms with van der Waals surface area (Å²) in [7, 11) is 0. The second kappa shape index (κ2) is 2.50. The molecule has 1 aromatic rings. The quantitative estimate of drug-likeness (QED) is 0.636. The largest absolute Gasteiger partial charge is 0.379 e. The summed E-state index contributed by atoms with van der Waals surface area (Å²) in [5, 5.41) is 3.71. The van der Waals surface area contributed by atoms with Gasteiger partial charge < -0.3 is 5.32 Å². The summed E-state index contributed by atoms with van der Waals surface area (Å²) in [5.41, 5.74) is 3.35. The summed E-state index contributed by atoms with van der Waals surface area (Å²) in [5.74, 6) is 0. The highest BCUT2D eigenvalue weighted by Crippen LogP contribution is 2.42. The lowest BCUT2D eigenvalue weighted by molar-refractivity contribution is 0.501. The molecule has 1 saturated carbocycles. The third kappa shape index (κ3) is 1.06. The standard InChI is InChI=1S/C12H15N/c1-2-6-11-10(5-1)9-12(13-11)7-3-4-8-12/h1-2,5-6,13H,3-4,7-9H2. The van der Waals surface area contributed by atoms with Crippen molar-refractivity contribution < 1.29 is 0 Å². The van der Waals surface area contributed by atoms with Gasteiger partial charge in [-0.2, -0.15) is 0 Å². The Hall–Kier alpha value is -0.980. The van der Waals surface area contributed by atoms with Crippen LogP contribution in [0.15, 0.2) is 24.3 Å². The van der Waals surface area contributed by atoms with E-state index in [2.05, 4.69) is 29.6 Å². The fourth-order valence-corrected chi connectivity index (χ4v) is 2.84. The molecule has 1 heteroatoms. The molecule has 68 valence electrons. The Morgan fingerprint density at radius 3 is 2.62 bits per heavy atom. The van der Waals surface area contributed by atoms with Gasteiger partial charge in [-0.25, -0.2) is 0 Å². The lowest BCUT2D eigenvalue weighted by Crippen LogP contribution is -2.31. The van der Waals surface area contributed by atoms with Crippen LogP contribution in [0.5, 0.6) is 0 Å². The van der Waals surface area contributed by atoms with Crippen molar-refractivity contribution in [3.05, 3.63) is 29.8 Å². The smallest absolute Gasteiger partial charge is 0.0414 e. The molecule has 1 fully saturated rings. The van der Waals surface area contributed by atoms with E-state index in [4.69, 9.17) is 0 Å². The van der Waals surface area contributed by atoms with Crippen molar-refractivity contribution >= 4 is 5.69 Å². The Morgan fingerprint density at radius 1 is 1.08 bits per heavy atom. The van der Waals surface area contributed by atoms with Crippen molar-refractivity contribution in [2.75, 3.05) is 5.32 Å². The van der Waals surface area contributed by atoms with Crippen molar-refractivity contribution in [1.82, 2.24) is 0 Å². The molecule has 0 amide bonds. The molecular weight excluding hydrogens is 158 g/mol. The van der Waals surface area contributed by atoms with E-state index in [9.17, 15) is 0 Å². The minimum absolute atomic E-state index is 0.448. The van der Waals surface area contributed by atoms with E-state index >= 15 is 0 Å². The number of fused-ring (bicyclic) bond motifs is 1. The zero-order chi connectivity index (χ0) is 8.73. The number of benzene rings is 1. The summed E-state index contributed by atoms with van der Waals surface area (Å²) in [6, 6.07) is 8.74. The van der Waals surface area contributed by atoms with Crippen LogP contribution in [0.4, 0.5) is 5.69 Å². The fraction of sp³-hybridized carbons (Fsp3) is 0.500. The first kappa shape index (κ1) is 7.43. The van der Waals surface area contributed by atoms with E-state index in [0.717, 1.165) is 0 Å². The topological polar surface area (TPSA) is 12.0 Å². The van der Waals surface area contributed by atoms with E-state index in [1.807, 2.05) is 0 Å². The molecule has 0 bridgehead atoms. The monoisotopic (exact) mass is 173 g/mol. The fourth-order valence-electron chi connectivity index (χ4n) is 2.84. The van der Waals surface area contributed by atoms with Gasteiger partial charge >= 0.3 is 0 Å². The predicted molar refractivity (Wildman–Crippen MR) is 55.0 cm³/mol. The van der Waals surface area contributed by atoms with E-state index in [1.165, 1.54) is 43.4 Å². The number of nitrogens with one attached hydrogen (secondary N) is 1. The summed E-state index contributed by atoms with van der Waals surface area (Å²) in [6.07, 6.45) is 6.79. The van der Waals surface area contributed by atoms with Gasteiger partial charge in [0.1, 0.15) is 0 Å². The first-order valence-electron chi connectivity index (χ1n) is 5.24. The van der Waals surface area contributed by atoms with Crippen molar-refractivity contribution in [2.24, 2.45) is 0 Å². The van der Waals surface area contributed by atoms with Crippen LogP contribution in [0.25, 0.3) is 0 Å². The van der Waals surface area contributed by atoms with E-state index < -0.39 is 0 Å². The highest BCUT2D eigenvalue weighted by molar-refractivity contribution is 5.59. The molecule has 1 spiro atoms. The predicted octanol–water partition coefficient (Wildman–Crippen LogP) is 2.97. The summed E-state index contributed by atoms with van der Waals surface area (Å²) >= 11 is 0. The van der Waals surface area contributed by atoms with Crippen LogP contribution in [0.1, 0.15) is 31.2 Å². The lowest BCUT2D eigenvalue weighted by Gasteiger charge is -2.23. The maximum atomic E-state index is 3.71. The van der Waals surface area contributed by atoms with Crippen LogP contribution in [0.2, 0.25) is 0 Å². The highest BCUT2D eigenvalue weighted by Gasteiger charge is 2.38. The van der Waals surface area contributed by atoms with Crippen LogP contribution in [-0.2, 0) is 6.42 Å². The molecule has 3 rings (SSSR count). The molecule has 1 aliphatic carbocycles. The highest BCUT2D eigenvalue weighted by atomic mass is 15.0. The average molecular weight is 173 g/mol. The van der Waals surface area contributed by atoms with Gasteiger partial charge in [-0.1, -0.05) is 31.0 Å². The Balaban J connectivity index is 1.96. The third-order valence-electron chi connectivity index (χ3n) is 3.51. The second-order valence-corrected chi connectivity index (χ2v) is 4.45. The molecule has 1 nitrogen and oxygen atoms in total. The molecule has 1 aromatic carbocycles. The van der Waals surface area contributed by atoms with Crippen LogP contribution >= 0.6 is 0 Å². The Morgan fingerprint density at radius 2 is 1.85 bits per heavy atom. The van der Waals surface area contributed by atoms with Crippen molar-refractivity contribution in [1.29, 1.82) is 0 Å². The van der Waals surface area contributed by atoms with Crippen LogP contribution in [0.3, 0.4) is 0 Å². The first-order chi connectivity index (χ1) is 6.38. The van der Waals surface area contributed by atoms with Gasteiger partial charge in [-0.05, 0) is 30.9 Å². The summed E-state index contributed by atoms with van der Waals surface area (Å²) < 4.78 is 0. The van der Waals surface area contributed by atoms with Crippen LogP contribution in [0, 0.1) is 0 Å².